The van der Waals surface area contributed by atoms with E-state index < -0.39 is 35.0 Å². The summed E-state index contributed by atoms with van der Waals surface area (Å²) in [4.78, 5) is 38.2. The lowest BCUT2D eigenvalue weighted by molar-refractivity contribution is -0.122. The second kappa shape index (κ2) is 7.98. The Labute approximate surface area is 166 Å². The van der Waals surface area contributed by atoms with Gasteiger partial charge >= 0.3 is 5.97 Å². The van der Waals surface area contributed by atoms with Crippen LogP contribution in [0.1, 0.15) is 27.9 Å². The lowest BCUT2D eigenvalue weighted by atomic mass is 10.1. The Morgan fingerprint density at radius 3 is 2.59 bits per heavy atom. The molecule has 2 aromatic rings. The molecule has 1 atom stereocenters. The van der Waals surface area contributed by atoms with Gasteiger partial charge in [-0.15, -0.1) is 0 Å². The minimum atomic E-state index is -1.09. The van der Waals surface area contributed by atoms with E-state index in [1.165, 1.54) is 4.90 Å². The molecule has 1 N–H and O–H groups in total. The van der Waals surface area contributed by atoms with Gasteiger partial charge < -0.3 is 15.0 Å². The van der Waals surface area contributed by atoms with Crippen LogP contribution in [0, 0.1) is 31.4 Å². The van der Waals surface area contributed by atoms with Crippen molar-refractivity contribution < 1.29 is 27.9 Å². The van der Waals surface area contributed by atoms with Crippen LogP contribution in [-0.4, -0.2) is 31.4 Å². The zero-order chi connectivity index (χ0) is 21.3. The minimum absolute atomic E-state index is 0.0358. The van der Waals surface area contributed by atoms with Crippen LogP contribution >= 0.6 is 0 Å². The van der Waals surface area contributed by atoms with Crippen LogP contribution < -0.4 is 10.2 Å². The van der Waals surface area contributed by atoms with Crippen molar-refractivity contribution in [3.05, 3.63) is 58.7 Å². The second-order valence-corrected chi connectivity index (χ2v) is 6.92. The summed E-state index contributed by atoms with van der Waals surface area (Å²) >= 11 is 0. The van der Waals surface area contributed by atoms with Gasteiger partial charge in [0.2, 0.25) is 11.8 Å². The normalized spacial score (nSPS) is 16.1. The second-order valence-electron chi connectivity index (χ2n) is 6.92. The van der Waals surface area contributed by atoms with E-state index in [1.807, 2.05) is 32.0 Å². The first-order valence-electron chi connectivity index (χ1n) is 8.97. The third-order valence-corrected chi connectivity index (χ3v) is 5.08. The zero-order valence-electron chi connectivity index (χ0n) is 16.2. The third-order valence-electron chi connectivity index (χ3n) is 5.08. The number of methoxy groups -OCH3 is 1. The molecule has 2 amide bonds. The fourth-order valence-corrected chi connectivity index (χ4v) is 3.29. The first kappa shape index (κ1) is 20.4. The van der Waals surface area contributed by atoms with Gasteiger partial charge in [0.1, 0.15) is 11.6 Å². The molecule has 1 saturated heterocycles. The molecule has 0 saturated carbocycles. The van der Waals surface area contributed by atoms with Crippen LogP contribution in [0.3, 0.4) is 0 Å². The maximum atomic E-state index is 14.1. The van der Waals surface area contributed by atoms with Crippen molar-refractivity contribution in [1.29, 1.82) is 0 Å². The highest BCUT2D eigenvalue weighted by atomic mass is 19.1. The molecule has 1 aliphatic heterocycles. The average Bonchev–Trinajstić information content (AvgIpc) is 3.07. The van der Waals surface area contributed by atoms with Crippen molar-refractivity contribution in [3.8, 4) is 0 Å². The fourth-order valence-electron chi connectivity index (χ4n) is 3.29. The largest absolute Gasteiger partial charge is 0.465 e. The van der Waals surface area contributed by atoms with E-state index in [0.29, 0.717) is 6.07 Å². The van der Waals surface area contributed by atoms with E-state index in [-0.39, 0.29) is 24.6 Å². The predicted molar refractivity (Wildman–Crippen MR) is 103 cm³/mol. The number of ether oxygens (including phenoxy) is 1. The quantitative estimate of drug-likeness (QED) is 0.796. The third kappa shape index (κ3) is 3.96. The van der Waals surface area contributed by atoms with Crippen LogP contribution in [0.4, 0.5) is 20.2 Å². The van der Waals surface area contributed by atoms with Crippen LogP contribution in [0.15, 0.2) is 30.3 Å². The molecular formula is C21H20F2N2O4. The van der Waals surface area contributed by atoms with E-state index in [9.17, 15) is 23.2 Å². The molecule has 1 aliphatic rings. The first-order chi connectivity index (χ1) is 13.7. The lowest BCUT2D eigenvalue weighted by Crippen LogP contribution is -2.29. The van der Waals surface area contributed by atoms with Crippen molar-refractivity contribution in [2.75, 3.05) is 23.9 Å². The summed E-state index contributed by atoms with van der Waals surface area (Å²) in [5, 5.41) is 2.35. The van der Waals surface area contributed by atoms with Gasteiger partial charge in [-0.25, -0.2) is 13.6 Å². The zero-order valence-corrected chi connectivity index (χ0v) is 16.2. The number of hydrogen-bond donors (Lipinski definition) is 1. The predicted octanol–water partition coefficient (Wildman–Crippen LogP) is 3.36. The molecular weight excluding hydrogens is 382 g/mol. The lowest BCUT2D eigenvalue weighted by Gasteiger charge is -2.20. The molecule has 1 heterocycles. The molecule has 152 valence electrons. The molecule has 0 bridgehead atoms. The number of nitrogens with one attached hydrogen (secondary N) is 1. The fraction of sp³-hybridized carbons (Fsp3) is 0.286. The number of nitrogens with zero attached hydrogens (tertiary/aromatic N) is 1. The van der Waals surface area contributed by atoms with Gasteiger partial charge in [-0.1, -0.05) is 12.1 Å². The van der Waals surface area contributed by atoms with E-state index in [4.69, 9.17) is 0 Å². The molecule has 0 spiro atoms. The molecule has 0 aromatic heterocycles. The Morgan fingerprint density at radius 2 is 1.90 bits per heavy atom. The summed E-state index contributed by atoms with van der Waals surface area (Å²) in [5.74, 6) is -4.63. The van der Waals surface area contributed by atoms with Crippen LogP contribution in [0.5, 0.6) is 0 Å². The molecule has 29 heavy (non-hydrogen) atoms. The number of benzene rings is 2. The molecule has 2 aromatic carbocycles. The molecule has 1 fully saturated rings. The van der Waals surface area contributed by atoms with Gasteiger partial charge in [-0.05, 0) is 37.1 Å². The van der Waals surface area contributed by atoms with Crippen molar-refractivity contribution in [1.82, 2.24) is 0 Å². The summed E-state index contributed by atoms with van der Waals surface area (Å²) in [6.07, 6.45) is -0.0358. The van der Waals surface area contributed by atoms with Gasteiger partial charge in [0.05, 0.1) is 24.3 Å². The monoisotopic (exact) mass is 402 g/mol. The van der Waals surface area contributed by atoms with Crippen molar-refractivity contribution in [2.45, 2.75) is 20.3 Å². The number of anilines is 2. The Hall–Kier alpha value is -3.29. The molecule has 0 unspecified atom stereocenters. The van der Waals surface area contributed by atoms with Crippen LogP contribution in [0.2, 0.25) is 0 Å². The highest BCUT2D eigenvalue weighted by molar-refractivity contribution is 6.04. The smallest absolute Gasteiger partial charge is 0.340 e. The number of amides is 2. The first-order valence-corrected chi connectivity index (χ1v) is 8.97. The molecule has 0 aliphatic carbocycles. The number of rotatable bonds is 4. The van der Waals surface area contributed by atoms with Gasteiger partial charge in [0.25, 0.3) is 0 Å². The van der Waals surface area contributed by atoms with E-state index >= 15 is 0 Å². The van der Waals surface area contributed by atoms with Gasteiger partial charge in [0.15, 0.2) is 0 Å². The molecule has 8 heteroatoms. The van der Waals surface area contributed by atoms with Gasteiger partial charge in [0, 0.05) is 24.7 Å². The highest BCUT2D eigenvalue weighted by Crippen LogP contribution is 2.30. The van der Waals surface area contributed by atoms with E-state index in [2.05, 4.69) is 10.1 Å². The average molecular weight is 402 g/mol. The SMILES string of the molecule is COC(=O)c1cc(NC(=O)[C@H]2CC(=O)N(c3cccc(C)c3C)C2)c(F)cc1F. The van der Waals surface area contributed by atoms with Crippen LogP contribution in [-0.2, 0) is 14.3 Å². The maximum Gasteiger partial charge on any atom is 0.340 e. The number of esters is 1. The topological polar surface area (TPSA) is 75.7 Å². The summed E-state index contributed by atoms with van der Waals surface area (Å²) in [6.45, 7) is 3.97. The Bertz CT molecular complexity index is 1010. The van der Waals surface area contributed by atoms with Gasteiger partial charge in [-0.2, -0.15) is 0 Å². The Morgan fingerprint density at radius 1 is 1.17 bits per heavy atom. The number of aryl methyl sites for hydroxylation is 1. The summed E-state index contributed by atoms with van der Waals surface area (Å²) in [7, 11) is 1.06. The van der Waals surface area contributed by atoms with Crippen LogP contribution in [0.25, 0.3) is 0 Å². The van der Waals surface area contributed by atoms with E-state index in [1.54, 1.807) is 0 Å². The van der Waals surface area contributed by atoms with Gasteiger partial charge in [-0.3, -0.25) is 9.59 Å². The van der Waals surface area contributed by atoms with Crippen molar-refractivity contribution in [2.24, 2.45) is 5.92 Å². The number of carbonyl (C=O) groups excluding carboxylic acids is 3. The molecule has 0 radical (unpaired) electrons. The van der Waals surface area contributed by atoms with Crippen molar-refractivity contribution in [3.63, 3.8) is 0 Å². The Balaban J connectivity index is 1.80. The maximum absolute atomic E-state index is 14.1. The molecule has 3 rings (SSSR count). The highest BCUT2D eigenvalue weighted by Gasteiger charge is 2.36. The number of halogens is 2. The summed E-state index contributed by atoms with van der Waals surface area (Å²) in [5.41, 5.74) is 1.84. The Kier molecular flexibility index (Phi) is 5.63. The van der Waals surface area contributed by atoms with E-state index in [0.717, 1.165) is 30.0 Å². The molecule has 6 nitrogen and oxygen atoms in total. The number of hydrogen-bond acceptors (Lipinski definition) is 4. The summed E-state index contributed by atoms with van der Waals surface area (Å²) < 4.78 is 32.3. The minimum Gasteiger partial charge on any atom is -0.465 e. The number of carbonyl (C=O) groups is 3. The van der Waals surface area contributed by atoms with Crippen molar-refractivity contribution >= 4 is 29.2 Å². The summed E-state index contributed by atoms with van der Waals surface area (Å²) in [6, 6.07) is 6.96. The standard InChI is InChI=1S/C21H20F2N2O4/c1-11-5-4-6-18(12(11)2)25-10-13(7-19(25)26)20(27)24-17-8-14(21(28)29-3)15(22)9-16(17)23/h4-6,8-9,13H,7,10H2,1-3H3,(H,24,27)/t13-/m0/s1.